The topological polar surface area (TPSA) is 100 Å². The standard InChI is InChI=1S/C30H32N2O4S.2ClH.H2O/c1-22-28(33)25-12-8-11-24(30(25)36-29(22)23-9-4-3-5-10-23)21-37(34)20-19-31-15-17-32(18-16-31)26-13-6-7-14-27(26)35-2;;;/h3-14H,15-21H2,1-2H3;2*1H;1H2. The van der Waals surface area contributed by atoms with Crippen molar-refractivity contribution in [1.82, 2.24) is 4.90 Å². The Morgan fingerprint density at radius 2 is 1.60 bits per heavy atom. The van der Waals surface area contributed by atoms with Gasteiger partial charge in [-0.15, -0.1) is 24.8 Å². The lowest BCUT2D eigenvalue weighted by Crippen LogP contribution is -2.47. The number of halogens is 2. The van der Waals surface area contributed by atoms with E-state index in [1.807, 2.05) is 60.7 Å². The van der Waals surface area contributed by atoms with Gasteiger partial charge in [0, 0.05) is 49.4 Å². The predicted octanol–water partition coefficient (Wildman–Crippen LogP) is 4.87. The van der Waals surface area contributed by atoms with Crippen LogP contribution in [-0.2, 0) is 16.9 Å². The molecule has 0 aliphatic carbocycles. The van der Waals surface area contributed by atoms with Gasteiger partial charge in [0.15, 0.2) is 5.43 Å². The maximum absolute atomic E-state index is 13.1. The Morgan fingerprint density at radius 1 is 0.925 bits per heavy atom. The molecule has 1 aliphatic rings. The van der Waals surface area contributed by atoms with Gasteiger partial charge in [-0.25, -0.2) is 0 Å². The number of hydrogen-bond donors (Lipinski definition) is 0. The number of para-hydroxylation sites is 3. The molecule has 1 aliphatic heterocycles. The second kappa shape index (κ2) is 15.3. The lowest BCUT2D eigenvalue weighted by molar-refractivity contribution is 0.271. The van der Waals surface area contributed by atoms with Crippen LogP contribution in [0.5, 0.6) is 5.75 Å². The Balaban J connectivity index is 0.00000187. The predicted molar refractivity (Wildman–Crippen MR) is 169 cm³/mol. The van der Waals surface area contributed by atoms with Crippen LogP contribution in [-0.4, -0.2) is 60.5 Å². The molecule has 1 fully saturated rings. The van der Waals surface area contributed by atoms with E-state index in [1.165, 1.54) is 0 Å². The molecule has 0 bridgehead atoms. The van der Waals surface area contributed by atoms with Crippen molar-refractivity contribution in [2.45, 2.75) is 12.7 Å². The molecule has 2 heterocycles. The fourth-order valence-corrected chi connectivity index (χ4v) is 6.11. The van der Waals surface area contributed by atoms with Gasteiger partial charge >= 0.3 is 0 Å². The highest BCUT2D eigenvalue weighted by atomic mass is 35.5. The van der Waals surface area contributed by atoms with Gasteiger partial charge in [0.2, 0.25) is 0 Å². The van der Waals surface area contributed by atoms with Gasteiger partial charge in [0.05, 0.1) is 18.2 Å². The van der Waals surface area contributed by atoms with E-state index in [0.29, 0.717) is 33.8 Å². The van der Waals surface area contributed by atoms with Crippen LogP contribution in [0.25, 0.3) is 22.3 Å². The van der Waals surface area contributed by atoms with E-state index in [9.17, 15) is 9.35 Å². The molecule has 1 unspecified atom stereocenters. The minimum Gasteiger partial charge on any atom is -0.616 e. The van der Waals surface area contributed by atoms with Crippen molar-refractivity contribution in [3.63, 3.8) is 0 Å². The zero-order valence-electron chi connectivity index (χ0n) is 22.6. The number of rotatable bonds is 8. The molecule has 0 spiro atoms. The Kier molecular flexibility index (Phi) is 12.8. The third-order valence-electron chi connectivity index (χ3n) is 7.01. The van der Waals surface area contributed by atoms with Gasteiger partial charge in [0.1, 0.15) is 28.6 Å². The summed E-state index contributed by atoms with van der Waals surface area (Å²) in [5, 5.41) is 0.541. The quantitative estimate of drug-likeness (QED) is 0.265. The minimum atomic E-state index is -1.08. The van der Waals surface area contributed by atoms with Gasteiger partial charge in [-0.2, -0.15) is 0 Å². The summed E-state index contributed by atoms with van der Waals surface area (Å²) in [5.41, 5.74) is 3.88. The molecule has 0 amide bonds. The van der Waals surface area contributed by atoms with Gasteiger partial charge in [-0.3, -0.25) is 9.69 Å². The first-order valence-corrected chi connectivity index (χ1v) is 14.1. The van der Waals surface area contributed by atoms with E-state index in [2.05, 4.69) is 15.9 Å². The van der Waals surface area contributed by atoms with E-state index in [1.54, 1.807) is 20.1 Å². The van der Waals surface area contributed by atoms with Crippen molar-refractivity contribution in [3.05, 3.63) is 94.1 Å². The van der Waals surface area contributed by atoms with Crippen LogP contribution in [0.1, 0.15) is 11.1 Å². The number of anilines is 1. The number of benzene rings is 3. The first-order valence-electron chi connectivity index (χ1n) is 12.6. The van der Waals surface area contributed by atoms with Crippen molar-refractivity contribution >= 4 is 52.6 Å². The zero-order chi connectivity index (χ0) is 25.8. The van der Waals surface area contributed by atoms with Crippen molar-refractivity contribution < 1.29 is 19.2 Å². The number of hydrogen-bond acceptors (Lipinski definition) is 6. The molecule has 40 heavy (non-hydrogen) atoms. The van der Waals surface area contributed by atoms with Gasteiger partial charge in [0.25, 0.3) is 0 Å². The Morgan fingerprint density at radius 3 is 2.30 bits per heavy atom. The average Bonchev–Trinajstić information content (AvgIpc) is 2.95. The van der Waals surface area contributed by atoms with E-state index in [0.717, 1.165) is 55.3 Å². The highest BCUT2D eigenvalue weighted by Crippen LogP contribution is 2.29. The van der Waals surface area contributed by atoms with E-state index < -0.39 is 11.2 Å². The smallest absolute Gasteiger partial charge is 0.196 e. The van der Waals surface area contributed by atoms with Gasteiger partial charge in [-0.1, -0.05) is 54.6 Å². The molecule has 0 saturated carbocycles. The summed E-state index contributed by atoms with van der Waals surface area (Å²) in [5.74, 6) is 2.40. The third-order valence-corrected chi connectivity index (χ3v) is 8.28. The summed E-state index contributed by atoms with van der Waals surface area (Å²) in [6.45, 7) is 6.21. The summed E-state index contributed by atoms with van der Waals surface area (Å²) in [7, 11) is 1.70. The molecule has 5 rings (SSSR count). The molecule has 0 radical (unpaired) electrons. The van der Waals surface area contributed by atoms with Gasteiger partial charge in [-0.05, 0) is 36.3 Å². The lowest BCUT2D eigenvalue weighted by atomic mass is 10.0. The zero-order valence-corrected chi connectivity index (χ0v) is 25.1. The number of piperazine rings is 1. The van der Waals surface area contributed by atoms with Crippen LogP contribution < -0.4 is 15.1 Å². The van der Waals surface area contributed by atoms with E-state index in [-0.39, 0.29) is 35.7 Å². The molecule has 2 N–H and O–H groups in total. The fraction of sp³-hybridized carbons (Fsp3) is 0.300. The van der Waals surface area contributed by atoms with Crippen molar-refractivity contribution in [3.8, 4) is 17.1 Å². The summed E-state index contributed by atoms with van der Waals surface area (Å²) < 4.78 is 24.9. The molecule has 7 nitrogen and oxygen atoms in total. The maximum atomic E-state index is 13.1. The third kappa shape index (κ3) is 7.32. The highest BCUT2D eigenvalue weighted by Gasteiger charge is 2.22. The SMILES string of the molecule is COc1ccccc1N1CCN(CC[S+]([O-])Cc2cccc3c(=O)c(C)c(-c4ccccc4)oc23)CC1.Cl.Cl.O. The number of nitrogens with zero attached hydrogens (tertiary/aromatic N) is 2. The van der Waals surface area contributed by atoms with Crippen molar-refractivity contribution in [2.75, 3.05) is 50.5 Å². The molecule has 1 atom stereocenters. The lowest BCUT2D eigenvalue weighted by Gasteiger charge is -2.36. The molecular formula is C30H36Cl2N2O5S. The van der Waals surface area contributed by atoms with E-state index >= 15 is 0 Å². The number of fused-ring (bicyclic) bond motifs is 1. The van der Waals surface area contributed by atoms with Crippen LogP contribution in [0.15, 0.2) is 82.0 Å². The van der Waals surface area contributed by atoms with E-state index in [4.69, 9.17) is 9.15 Å². The van der Waals surface area contributed by atoms with Gasteiger partial charge < -0.3 is 24.1 Å². The maximum Gasteiger partial charge on any atom is 0.196 e. The second-order valence-corrected chi connectivity index (χ2v) is 10.9. The number of ether oxygens (including phenoxy) is 1. The van der Waals surface area contributed by atoms with Crippen LogP contribution in [0.3, 0.4) is 0 Å². The summed E-state index contributed by atoms with van der Waals surface area (Å²) in [4.78, 5) is 17.8. The van der Waals surface area contributed by atoms with Crippen LogP contribution in [0.4, 0.5) is 5.69 Å². The first-order chi connectivity index (χ1) is 18.0. The Hall–Kier alpha value is -2.72. The summed E-state index contributed by atoms with van der Waals surface area (Å²) in [6.07, 6.45) is 0. The first kappa shape index (κ1) is 33.5. The van der Waals surface area contributed by atoms with Crippen molar-refractivity contribution in [1.29, 1.82) is 0 Å². The van der Waals surface area contributed by atoms with Crippen LogP contribution in [0, 0.1) is 6.92 Å². The number of methoxy groups -OCH3 is 1. The Labute approximate surface area is 250 Å². The molecule has 1 saturated heterocycles. The molecule has 216 valence electrons. The van der Waals surface area contributed by atoms with Crippen LogP contribution >= 0.6 is 24.8 Å². The molecule has 10 heteroatoms. The van der Waals surface area contributed by atoms with Crippen molar-refractivity contribution in [2.24, 2.45) is 0 Å². The second-order valence-electron chi connectivity index (χ2n) is 9.33. The highest BCUT2D eigenvalue weighted by molar-refractivity contribution is 7.90. The largest absolute Gasteiger partial charge is 0.616 e. The summed E-state index contributed by atoms with van der Waals surface area (Å²) >= 11 is -1.08. The normalized spacial score (nSPS) is 14.0. The van der Waals surface area contributed by atoms with Crippen LogP contribution in [0.2, 0.25) is 0 Å². The summed E-state index contributed by atoms with van der Waals surface area (Å²) in [6, 6.07) is 23.3. The molecular weight excluding hydrogens is 571 g/mol. The Bertz CT molecular complexity index is 1430. The monoisotopic (exact) mass is 606 g/mol. The minimum absolute atomic E-state index is 0. The molecule has 1 aromatic heterocycles. The molecule has 4 aromatic rings. The molecule has 3 aromatic carbocycles. The fourth-order valence-electron chi connectivity index (χ4n) is 4.93. The average molecular weight is 608 g/mol.